The van der Waals surface area contributed by atoms with Gasteiger partial charge in [-0.3, -0.25) is 14.4 Å². The molecule has 0 aliphatic carbocycles. The number of carbonyl (C=O) groups is 3. The maximum atomic E-state index is 12.9. The van der Waals surface area contributed by atoms with Crippen LogP contribution in [0.1, 0.15) is 393 Å². The number of rotatable bonds is 63. The van der Waals surface area contributed by atoms with Crippen molar-refractivity contribution in [2.75, 3.05) is 13.2 Å². The van der Waals surface area contributed by atoms with Gasteiger partial charge in [-0.1, -0.05) is 355 Å². The normalized spacial score (nSPS) is 11.9. The standard InChI is InChI=1S/C67H130O6/c1-4-7-10-13-16-19-22-25-28-31-33-35-36-39-42-45-48-51-54-57-60-66(69)72-63-64(62-71-65(68)59-56-53-50-47-44-41-38-30-27-24-21-18-15-12-9-6-3)73-67(70)61-58-55-52-49-46-43-40-37-34-32-29-26-23-20-17-14-11-8-5-2/h64H,4-63H2,1-3H3. The summed E-state index contributed by atoms with van der Waals surface area (Å²) in [6.07, 6.45) is 72.6. The van der Waals surface area contributed by atoms with Crippen LogP contribution in [0.2, 0.25) is 0 Å². The van der Waals surface area contributed by atoms with Crippen LogP contribution in [-0.2, 0) is 28.6 Å². The monoisotopic (exact) mass is 1030 g/mol. The number of carbonyl (C=O) groups excluding carboxylic acids is 3. The molecule has 1 atom stereocenters. The summed E-state index contributed by atoms with van der Waals surface area (Å²) < 4.78 is 17.0. The van der Waals surface area contributed by atoms with E-state index in [9.17, 15) is 14.4 Å². The van der Waals surface area contributed by atoms with Crippen molar-refractivity contribution in [1.82, 2.24) is 0 Å². The predicted molar refractivity (Wildman–Crippen MR) is 317 cm³/mol. The Balaban J connectivity index is 4.27. The highest BCUT2D eigenvalue weighted by atomic mass is 16.6. The fourth-order valence-corrected chi connectivity index (χ4v) is 10.6. The third kappa shape index (κ3) is 61.1. The first kappa shape index (κ1) is 71.4. The van der Waals surface area contributed by atoms with E-state index in [-0.39, 0.29) is 31.1 Å². The highest BCUT2D eigenvalue weighted by molar-refractivity contribution is 5.71. The molecule has 434 valence electrons. The summed E-state index contributed by atoms with van der Waals surface area (Å²) in [5, 5.41) is 0. The first-order chi connectivity index (χ1) is 36.0. The fraction of sp³-hybridized carbons (Fsp3) is 0.955. The zero-order valence-electron chi connectivity index (χ0n) is 50.0. The zero-order valence-corrected chi connectivity index (χ0v) is 50.0. The lowest BCUT2D eigenvalue weighted by atomic mass is 10.0. The minimum Gasteiger partial charge on any atom is -0.462 e. The Kier molecular flexibility index (Phi) is 61.6. The molecule has 0 N–H and O–H groups in total. The van der Waals surface area contributed by atoms with Crippen molar-refractivity contribution < 1.29 is 28.6 Å². The SMILES string of the molecule is CCCCCCCCCCCCCCCCCCCCCCC(=O)OCC(COC(=O)CCCCCCCCCCCCCCCCCC)OC(=O)CCCCCCCCCCCCCCCCCCCCC. The van der Waals surface area contributed by atoms with Crippen LogP contribution in [0.4, 0.5) is 0 Å². The average molecular weight is 1030 g/mol. The van der Waals surface area contributed by atoms with Gasteiger partial charge in [-0.15, -0.1) is 0 Å². The van der Waals surface area contributed by atoms with Crippen molar-refractivity contribution in [3.63, 3.8) is 0 Å². The molecule has 0 saturated heterocycles. The van der Waals surface area contributed by atoms with E-state index in [0.717, 1.165) is 57.8 Å². The maximum Gasteiger partial charge on any atom is 0.306 e. The summed E-state index contributed by atoms with van der Waals surface area (Å²) in [5.74, 6) is -0.821. The summed E-state index contributed by atoms with van der Waals surface area (Å²) in [6.45, 7) is 6.74. The molecule has 0 rings (SSSR count). The molecular formula is C67H130O6. The van der Waals surface area contributed by atoms with Crippen molar-refractivity contribution >= 4 is 17.9 Å². The molecule has 0 heterocycles. The minimum absolute atomic E-state index is 0.0602. The van der Waals surface area contributed by atoms with Gasteiger partial charge in [0.15, 0.2) is 6.10 Å². The van der Waals surface area contributed by atoms with E-state index in [1.54, 1.807) is 0 Å². The number of hydrogen-bond donors (Lipinski definition) is 0. The molecule has 0 aromatic carbocycles. The molecule has 0 radical (unpaired) electrons. The molecule has 0 fully saturated rings. The molecule has 0 aromatic rings. The van der Waals surface area contributed by atoms with Crippen LogP contribution in [0.3, 0.4) is 0 Å². The quantitative estimate of drug-likeness (QED) is 0.0343. The molecule has 0 saturated carbocycles. The van der Waals surface area contributed by atoms with Gasteiger partial charge in [0, 0.05) is 19.3 Å². The Morgan fingerprint density at radius 2 is 0.370 bits per heavy atom. The highest BCUT2D eigenvalue weighted by Crippen LogP contribution is 2.19. The lowest BCUT2D eigenvalue weighted by Gasteiger charge is -2.18. The first-order valence-electron chi connectivity index (χ1n) is 33.5. The molecule has 6 heteroatoms. The van der Waals surface area contributed by atoms with Crippen molar-refractivity contribution in [3.05, 3.63) is 0 Å². The Bertz CT molecular complexity index is 1090. The van der Waals surface area contributed by atoms with Crippen LogP contribution in [0, 0.1) is 0 Å². The van der Waals surface area contributed by atoms with Crippen molar-refractivity contribution in [2.24, 2.45) is 0 Å². The lowest BCUT2D eigenvalue weighted by Crippen LogP contribution is -2.30. The molecule has 6 nitrogen and oxygen atoms in total. The van der Waals surface area contributed by atoms with E-state index in [0.29, 0.717) is 19.3 Å². The van der Waals surface area contributed by atoms with E-state index in [2.05, 4.69) is 20.8 Å². The predicted octanol–water partition coefficient (Wildman–Crippen LogP) is 22.7. The molecule has 0 aromatic heterocycles. The fourth-order valence-electron chi connectivity index (χ4n) is 10.6. The summed E-state index contributed by atoms with van der Waals surface area (Å²) in [7, 11) is 0. The van der Waals surface area contributed by atoms with Gasteiger partial charge in [0.05, 0.1) is 0 Å². The van der Waals surface area contributed by atoms with E-state index >= 15 is 0 Å². The van der Waals surface area contributed by atoms with E-state index in [1.807, 2.05) is 0 Å². The van der Waals surface area contributed by atoms with E-state index < -0.39 is 6.10 Å². The third-order valence-electron chi connectivity index (χ3n) is 15.6. The lowest BCUT2D eigenvalue weighted by molar-refractivity contribution is -0.167. The van der Waals surface area contributed by atoms with Crippen LogP contribution in [0.15, 0.2) is 0 Å². The molecule has 0 spiro atoms. The van der Waals surface area contributed by atoms with Gasteiger partial charge < -0.3 is 14.2 Å². The van der Waals surface area contributed by atoms with Gasteiger partial charge in [0.1, 0.15) is 13.2 Å². The van der Waals surface area contributed by atoms with Crippen LogP contribution in [0.5, 0.6) is 0 Å². The second-order valence-electron chi connectivity index (χ2n) is 23.1. The smallest absolute Gasteiger partial charge is 0.306 e. The number of hydrogen-bond acceptors (Lipinski definition) is 6. The number of esters is 3. The van der Waals surface area contributed by atoms with Gasteiger partial charge >= 0.3 is 17.9 Å². The maximum absolute atomic E-state index is 12.9. The average Bonchev–Trinajstić information content (AvgIpc) is 3.39. The topological polar surface area (TPSA) is 78.9 Å². The van der Waals surface area contributed by atoms with Gasteiger partial charge in [-0.2, -0.15) is 0 Å². The highest BCUT2D eigenvalue weighted by Gasteiger charge is 2.19. The van der Waals surface area contributed by atoms with Crippen molar-refractivity contribution in [3.8, 4) is 0 Å². The van der Waals surface area contributed by atoms with E-state index in [4.69, 9.17) is 14.2 Å². The van der Waals surface area contributed by atoms with Crippen LogP contribution < -0.4 is 0 Å². The summed E-state index contributed by atoms with van der Waals surface area (Å²) in [6, 6.07) is 0. The minimum atomic E-state index is -0.763. The molecule has 73 heavy (non-hydrogen) atoms. The molecular weight excluding hydrogens is 901 g/mol. The van der Waals surface area contributed by atoms with Crippen LogP contribution in [0.25, 0.3) is 0 Å². The molecule has 0 bridgehead atoms. The Labute approximate surface area is 457 Å². The van der Waals surface area contributed by atoms with Crippen molar-refractivity contribution in [1.29, 1.82) is 0 Å². The van der Waals surface area contributed by atoms with E-state index in [1.165, 1.54) is 295 Å². The number of unbranched alkanes of at least 4 members (excludes halogenated alkanes) is 52. The van der Waals surface area contributed by atoms with Gasteiger partial charge in [0.25, 0.3) is 0 Å². The Morgan fingerprint density at radius 1 is 0.219 bits per heavy atom. The third-order valence-corrected chi connectivity index (χ3v) is 15.6. The first-order valence-corrected chi connectivity index (χ1v) is 33.5. The van der Waals surface area contributed by atoms with Crippen LogP contribution >= 0.6 is 0 Å². The second-order valence-corrected chi connectivity index (χ2v) is 23.1. The van der Waals surface area contributed by atoms with Gasteiger partial charge in [0.2, 0.25) is 0 Å². The summed E-state index contributed by atoms with van der Waals surface area (Å²) in [5.41, 5.74) is 0. The number of ether oxygens (including phenoxy) is 3. The Morgan fingerprint density at radius 3 is 0.548 bits per heavy atom. The van der Waals surface area contributed by atoms with Gasteiger partial charge in [-0.25, -0.2) is 0 Å². The van der Waals surface area contributed by atoms with Crippen LogP contribution in [-0.4, -0.2) is 37.2 Å². The molecule has 0 aliphatic heterocycles. The molecule has 0 amide bonds. The summed E-state index contributed by atoms with van der Waals surface area (Å²) in [4.78, 5) is 38.4. The molecule has 1 unspecified atom stereocenters. The zero-order chi connectivity index (χ0) is 52.9. The van der Waals surface area contributed by atoms with Gasteiger partial charge in [-0.05, 0) is 19.3 Å². The Hall–Kier alpha value is -1.59. The largest absolute Gasteiger partial charge is 0.462 e. The van der Waals surface area contributed by atoms with Crippen molar-refractivity contribution in [2.45, 2.75) is 399 Å². The second kappa shape index (κ2) is 62.9. The molecule has 0 aliphatic rings. The summed E-state index contributed by atoms with van der Waals surface area (Å²) >= 11 is 0.